The zero-order chi connectivity index (χ0) is 18.2. The number of benzene rings is 2. The lowest BCUT2D eigenvalue weighted by Crippen LogP contribution is -2.15. The van der Waals surface area contributed by atoms with Gasteiger partial charge in [-0.05, 0) is 42.5 Å². The second-order valence-corrected chi connectivity index (χ2v) is 7.71. The van der Waals surface area contributed by atoms with Crippen molar-refractivity contribution >= 4 is 48.5 Å². The van der Waals surface area contributed by atoms with Crippen molar-refractivity contribution in [2.45, 2.75) is 4.90 Å². The summed E-state index contributed by atoms with van der Waals surface area (Å²) in [4.78, 5) is 14.7. The van der Waals surface area contributed by atoms with Crippen LogP contribution in [-0.2, 0) is 14.8 Å². The molecule has 2 N–H and O–H groups in total. The van der Waals surface area contributed by atoms with E-state index in [0.29, 0.717) is 15.4 Å². The summed E-state index contributed by atoms with van der Waals surface area (Å²) >= 11 is 3.31. The van der Waals surface area contributed by atoms with E-state index < -0.39 is 21.8 Å². The van der Waals surface area contributed by atoms with Crippen LogP contribution in [0.4, 0.5) is 10.1 Å². The van der Waals surface area contributed by atoms with Crippen LogP contribution in [0.25, 0.3) is 10.9 Å². The number of hydrogen-bond donors (Lipinski definition) is 2. The molecule has 0 radical (unpaired) electrons. The highest BCUT2D eigenvalue weighted by Gasteiger charge is 2.24. The Morgan fingerprint density at radius 3 is 2.52 bits per heavy atom. The lowest BCUT2D eigenvalue weighted by Gasteiger charge is -2.09. The zero-order valence-electron chi connectivity index (χ0n) is 12.8. The maximum Gasteiger partial charge on any atom is 0.356 e. The van der Waals surface area contributed by atoms with E-state index in [1.165, 1.54) is 7.11 Å². The highest BCUT2D eigenvalue weighted by Crippen LogP contribution is 2.32. The fourth-order valence-electron chi connectivity index (χ4n) is 2.33. The number of nitrogens with one attached hydrogen (secondary N) is 2. The van der Waals surface area contributed by atoms with E-state index in [2.05, 4.69) is 25.6 Å². The van der Waals surface area contributed by atoms with Crippen LogP contribution in [0.5, 0.6) is 0 Å². The van der Waals surface area contributed by atoms with Gasteiger partial charge < -0.3 is 9.72 Å². The Balaban J connectivity index is 2.15. The number of hydrogen-bond acceptors (Lipinski definition) is 4. The van der Waals surface area contributed by atoms with Gasteiger partial charge in [-0.1, -0.05) is 15.9 Å². The van der Waals surface area contributed by atoms with Crippen molar-refractivity contribution in [3.05, 3.63) is 58.4 Å². The van der Waals surface area contributed by atoms with Crippen LogP contribution in [0.15, 0.2) is 51.8 Å². The Morgan fingerprint density at radius 2 is 1.88 bits per heavy atom. The maximum atomic E-state index is 13.0. The van der Waals surface area contributed by atoms with Crippen molar-refractivity contribution in [3.63, 3.8) is 0 Å². The molecular formula is C16H12BrFN2O4S. The second-order valence-electron chi connectivity index (χ2n) is 5.12. The normalized spacial score (nSPS) is 11.5. The molecule has 0 aliphatic rings. The second kappa shape index (κ2) is 6.49. The van der Waals surface area contributed by atoms with Gasteiger partial charge in [0.2, 0.25) is 0 Å². The van der Waals surface area contributed by atoms with Crippen molar-refractivity contribution in [2.75, 3.05) is 11.8 Å². The molecule has 25 heavy (non-hydrogen) atoms. The first-order valence-corrected chi connectivity index (χ1v) is 9.27. The molecule has 0 aliphatic heterocycles. The van der Waals surface area contributed by atoms with Gasteiger partial charge in [-0.25, -0.2) is 17.6 Å². The molecule has 0 bridgehead atoms. The van der Waals surface area contributed by atoms with E-state index in [-0.39, 0.29) is 16.3 Å². The molecule has 0 spiro atoms. The number of methoxy groups -OCH3 is 1. The summed E-state index contributed by atoms with van der Waals surface area (Å²) in [7, 11) is -2.83. The number of carbonyl (C=O) groups is 1. The number of halogens is 2. The van der Waals surface area contributed by atoms with Gasteiger partial charge >= 0.3 is 5.97 Å². The lowest BCUT2D eigenvalue weighted by atomic mass is 10.2. The van der Waals surface area contributed by atoms with Gasteiger partial charge in [-0.15, -0.1) is 0 Å². The SMILES string of the molecule is COC(=O)c1[nH]c2ccc(Br)cc2c1NS(=O)(=O)c1ccc(F)cc1. The van der Waals surface area contributed by atoms with Crippen LogP contribution in [0.2, 0.25) is 0 Å². The van der Waals surface area contributed by atoms with E-state index in [0.717, 1.165) is 24.3 Å². The van der Waals surface area contributed by atoms with Gasteiger partial charge in [0, 0.05) is 15.4 Å². The fraction of sp³-hybridized carbons (Fsp3) is 0.0625. The summed E-state index contributed by atoms with van der Waals surface area (Å²) in [5, 5.41) is 0.487. The highest BCUT2D eigenvalue weighted by molar-refractivity contribution is 9.10. The summed E-state index contributed by atoms with van der Waals surface area (Å²) in [6.45, 7) is 0. The van der Waals surface area contributed by atoms with Gasteiger partial charge in [0.1, 0.15) is 5.82 Å². The monoisotopic (exact) mass is 426 g/mol. The molecule has 0 unspecified atom stereocenters. The molecule has 6 nitrogen and oxygen atoms in total. The molecule has 130 valence electrons. The first-order chi connectivity index (χ1) is 11.8. The van der Waals surface area contributed by atoms with E-state index in [1.54, 1.807) is 18.2 Å². The number of rotatable bonds is 4. The Morgan fingerprint density at radius 1 is 1.20 bits per heavy atom. The maximum absolute atomic E-state index is 13.0. The van der Waals surface area contributed by atoms with Crippen molar-refractivity contribution in [1.82, 2.24) is 4.98 Å². The minimum Gasteiger partial charge on any atom is -0.464 e. The van der Waals surface area contributed by atoms with E-state index in [4.69, 9.17) is 4.74 Å². The zero-order valence-corrected chi connectivity index (χ0v) is 15.2. The minimum atomic E-state index is -4.03. The standard InChI is InChI=1S/C16H12BrFN2O4S/c1-24-16(21)15-14(12-8-9(17)2-7-13(12)19-15)20-25(22,23)11-5-3-10(18)4-6-11/h2-8,19-20H,1H3. The van der Waals surface area contributed by atoms with Gasteiger partial charge in [-0.3, -0.25) is 4.72 Å². The van der Waals surface area contributed by atoms with Crippen molar-refractivity contribution in [1.29, 1.82) is 0 Å². The third kappa shape index (κ3) is 3.38. The molecule has 0 fully saturated rings. The molecule has 0 amide bonds. The summed E-state index contributed by atoms with van der Waals surface area (Å²) in [6, 6.07) is 9.48. The topological polar surface area (TPSA) is 88.3 Å². The summed E-state index contributed by atoms with van der Waals surface area (Å²) in [5.41, 5.74) is 0.592. The summed E-state index contributed by atoms with van der Waals surface area (Å²) < 4.78 is 46.0. The average molecular weight is 427 g/mol. The lowest BCUT2D eigenvalue weighted by molar-refractivity contribution is 0.0596. The Kier molecular flexibility index (Phi) is 4.53. The minimum absolute atomic E-state index is 0.0266. The number of sulfonamides is 1. The van der Waals surface area contributed by atoms with Gasteiger partial charge in [0.15, 0.2) is 5.69 Å². The van der Waals surface area contributed by atoms with E-state index >= 15 is 0 Å². The molecule has 0 aliphatic carbocycles. The molecule has 0 saturated heterocycles. The number of esters is 1. The first kappa shape index (κ1) is 17.4. The number of anilines is 1. The van der Waals surface area contributed by atoms with Crippen LogP contribution in [-0.4, -0.2) is 26.5 Å². The third-order valence-electron chi connectivity index (χ3n) is 3.51. The molecule has 2 aromatic carbocycles. The number of ether oxygens (including phenoxy) is 1. The van der Waals surface area contributed by atoms with Gasteiger partial charge in [0.25, 0.3) is 10.0 Å². The molecule has 3 rings (SSSR count). The van der Waals surface area contributed by atoms with Crippen molar-refractivity contribution in [2.24, 2.45) is 0 Å². The van der Waals surface area contributed by atoms with Gasteiger partial charge in [-0.2, -0.15) is 0 Å². The van der Waals surface area contributed by atoms with Crippen molar-refractivity contribution < 1.29 is 22.3 Å². The van der Waals surface area contributed by atoms with Crippen LogP contribution in [0, 0.1) is 5.82 Å². The van der Waals surface area contributed by atoms with E-state index in [1.807, 2.05) is 0 Å². The molecule has 0 atom stereocenters. The average Bonchev–Trinajstić information content (AvgIpc) is 2.92. The predicted molar refractivity (Wildman–Crippen MR) is 94.5 cm³/mol. The van der Waals surface area contributed by atoms with Crippen molar-refractivity contribution in [3.8, 4) is 0 Å². The summed E-state index contributed by atoms with van der Waals surface area (Å²) in [6.07, 6.45) is 0. The van der Waals surface area contributed by atoms with Crippen LogP contribution < -0.4 is 4.72 Å². The number of aromatic amines is 1. The third-order valence-corrected chi connectivity index (χ3v) is 5.37. The highest BCUT2D eigenvalue weighted by atomic mass is 79.9. The predicted octanol–water partition coefficient (Wildman–Crippen LogP) is 3.66. The number of fused-ring (bicyclic) bond motifs is 1. The fourth-order valence-corrected chi connectivity index (χ4v) is 3.79. The number of H-pyrrole nitrogens is 1. The van der Waals surface area contributed by atoms with Crippen LogP contribution in [0.1, 0.15) is 10.5 Å². The molecule has 3 aromatic rings. The van der Waals surface area contributed by atoms with Gasteiger partial charge in [0.05, 0.1) is 17.7 Å². The molecule has 1 heterocycles. The Labute approximate surface area is 151 Å². The quantitative estimate of drug-likeness (QED) is 0.623. The Bertz CT molecular complexity index is 1060. The molecular weight excluding hydrogens is 415 g/mol. The molecule has 0 saturated carbocycles. The summed E-state index contributed by atoms with van der Waals surface area (Å²) in [5.74, 6) is -1.27. The largest absolute Gasteiger partial charge is 0.464 e. The smallest absolute Gasteiger partial charge is 0.356 e. The van der Waals surface area contributed by atoms with E-state index in [9.17, 15) is 17.6 Å². The molecule has 9 heteroatoms. The number of carbonyl (C=O) groups excluding carboxylic acids is 1. The first-order valence-electron chi connectivity index (χ1n) is 7.00. The molecule has 1 aromatic heterocycles. The number of aromatic nitrogens is 1. The Hall–Kier alpha value is -2.39. The van der Waals surface area contributed by atoms with Crippen LogP contribution >= 0.6 is 15.9 Å². The van der Waals surface area contributed by atoms with Crippen LogP contribution in [0.3, 0.4) is 0 Å².